The van der Waals surface area contributed by atoms with Gasteiger partial charge >= 0.3 is 0 Å². The van der Waals surface area contributed by atoms with Crippen molar-refractivity contribution in [3.63, 3.8) is 0 Å². The molecule has 0 fully saturated rings. The normalized spacial score (nSPS) is 10.2. The molecule has 0 saturated heterocycles. The van der Waals surface area contributed by atoms with Crippen molar-refractivity contribution in [2.24, 2.45) is 0 Å². The molecule has 1 aromatic heterocycles. The van der Waals surface area contributed by atoms with Crippen LogP contribution in [0.4, 0.5) is 5.88 Å². The van der Waals surface area contributed by atoms with E-state index in [-0.39, 0.29) is 11.7 Å². The Morgan fingerprint density at radius 1 is 1.35 bits per heavy atom. The molecule has 88 valence electrons. The van der Waals surface area contributed by atoms with Gasteiger partial charge in [0.25, 0.3) is 5.91 Å². The zero-order chi connectivity index (χ0) is 12.4. The Kier molecular flexibility index (Phi) is 2.82. The van der Waals surface area contributed by atoms with Crippen LogP contribution in [0.1, 0.15) is 21.6 Å². The highest BCUT2D eigenvalue weighted by atomic mass is 16.5. The van der Waals surface area contributed by atoms with Gasteiger partial charge in [0.2, 0.25) is 5.88 Å². The summed E-state index contributed by atoms with van der Waals surface area (Å²) in [6.45, 7) is 3.52. The summed E-state index contributed by atoms with van der Waals surface area (Å²) < 4.78 is 4.89. The summed E-state index contributed by atoms with van der Waals surface area (Å²) in [7, 11) is 0. The molecule has 0 aliphatic carbocycles. The summed E-state index contributed by atoms with van der Waals surface area (Å²) in [5.74, 6) is 0.146. The van der Waals surface area contributed by atoms with E-state index >= 15 is 0 Å². The Bertz CT molecular complexity index is 561. The summed E-state index contributed by atoms with van der Waals surface area (Å²) in [6.07, 6.45) is 0. The van der Waals surface area contributed by atoms with Crippen molar-refractivity contribution in [2.75, 3.05) is 5.32 Å². The van der Waals surface area contributed by atoms with Crippen LogP contribution in [0.5, 0.6) is 5.75 Å². The van der Waals surface area contributed by atoms with Crippen LogP contribution in [0.2, 0.25) is 0 Å². The van der Waals surface area contributed by atoms with E-state index in [1.165, 1.54) is 12.1 Å². The van der Waals surface area contributed by atoms with Gasteiger partial charge in [0, 0.05) is 11.6 Å². The van der Waals surface area contributed by atoms with Crippen molar-refractivity contribution in [1.82, 2.24) is 5.16 Å². The Labute approximate surface area is 98.1 Å². The largest absolute Gasteiger partial charge is 0.508 e. The zero-order valence-electron chi connectivity index (χ0n) is 9.52. The van der Waals surface area contributed by atoms with Gasteiger partial charge in [0.1, 0.15) is 5.75 Å². The van der Waals surface area contributed by atoms with E-state index in [2.05, 4.69) is 10.5 Å². The highest BCUT2D eigenvalue weighted by Crippen LogP contribution is 2.17. The first-order chi connectivity index (χ1) is 8.06. The first kappa shape index (κ1) is 11.2. The van der Waals surface area contributed by atoms with Crippen LogP contribution in [-0.2, 0) is 0 Å². The molecule has 0 saturated carbocycles. The fourth-order valence-electron chi connectivity index (χ4n) is 1.50. The molecule has 1 heterocycles. The first-order valence-corrected chi connectivity index (χ1v) is 5.10. The van der Waals surface area contributed by atoms with Crippen molar-refractivity contribution in [3.8, 4) is 5.75 Å². The van der Waals surface area contributed by atoms with Crippen molar-refractivity contribution in [1.29, 1.82) is 0 Å². The molecule has 0 aliphatic heterocycles. The zero-order valence-corrected chi connectivity index (χ0v) is 9.52. The monoisotopic (exact) mass is 232 g/mol. The van der Waals surface area contributed by atoms with Crippen LogP contribution >= 0.6 is 0 Å². The highest BCUT2D eigenvalue weighted by molar-refractivity contribution is 6.04. The number of nitrogens with one attached hydrogen (secondary N) is 1. The van der Waals surface area contributed by atoms with E-state index in [1.807, 2.05) is 0 Å². The molecule has 5 nitrogen and oxygen atoms in total. The number of aromatic hydroxyl groups is 1. The number of nitrogens with zero attached hydrogens (tertiary/aromatic N) is 1. The lowest BCUT2D eigenvalue weighted by atomic mass is 10.1. The third-order valence-corrected chi connectivity index (χ3v) is 2.32. The van der Waals surface area contributed by atoms with Gasteiger partial charge < -0.3 is 9.63 Å². The number of aryl methyl sites for hydroxylation is 2. The van der Waals surface area contributed by atoms with Crippen molar-refractivity contribution in [3.05, 3.63) is 41.1 Å². The van der Waals surface area contributed by atoms with Crippen LogP contribution in [0.25, 0.3) is 0 Å². The number of rotatable bonds is 2. The maximum Gasteiger partial charge on any atom is 0.258 e. The molecular weight excluding hydrogens is 220 g/mol. The van der Waals surface area contributed by atoms with Crippen LogP contribution < -0.4 is 5.32 Å². The molecule has 0 bridgehead atoms. The SMILES string of the molecule is Cc1cc(NC(=O)c2ccc(O)cc2C)on1. The number of hydrogen-bond acceptors (Lipinski definition) is 4. The lowest BCUT2D eigenvalue weighted by molar-refractivity contribution is 0.102. The minimum atomic E-state index is -0.293. The predicted octanol–water partition coefficient (Wildman–Crippen LogP) is 2.25. The van der Waals surface area contributed by atoms with Crippen LogP contribution in [-0.4, -0.2) is 16.2 Å². The van der Waals surface area contributed by atoms with E-state index in [0.29, 0.717) is 22.7 Å². The van der Waals surface area contributed by atoms with Gasteiger partial charge in [-0.1, -0.05) is 5.16 Å². The molecule has 5 heteroatoms. The van der Waals surface area contributed by atoms with E-state index in [4.69, 9.17) is 4.52 Å². The second-order valence-electron chi connectivity index (χ2n) is 3.79. The van der Waals surface area contributed by atoms with Crippen LogP contribution in [0.3, 0.4) is 0 Å². The number of phenolic OH excluding ortho intramolecular Hbond substituents is 1. The Morgan fingerprint density at radius 2 is 2.12 bits per heavy atom. The summed E-state index contributed by atoms with van der Waals surface area (Å²) >= 11 is 0. The van der Waals surface area contributed by atoms with Crippen molar-refractivity contribution in [2.45, 2.75) is 13.8 Å². The Morgan fingerprint density at radius 3 is 2.71 bits per heavy atom. The molecular formula is C12H12N2O3. The molecule has 0 spiro atoms. The van der Waals surface area contributed by atoms with Gasteiger partial charge in [-0.2, -0.15) is 0 Å². The molecule has 2 aromatic rings. The number of benzene rings is 1. The lowest BCUT2D eigenvalue weighted by Crippen LogP contribution is -2.12. The third kappa shape index (κ3) is 2.44. The first-order valence-electron chi connectivity index (χ1n) is 5.10. The average Bonchev–Trinajstić information content (AvgIpc) is 2.63. The van der Waals surface area contributed by atoms with Gasteiger partial charge in [0.15, 0.2) is 0 Å². The molecule has 1 aromatic carbocycles. The smallest absolute Gasteiger partial charge is 0.258 e. The molecule has 2 rings (SSSR count). The number of anilines is 1. The highest BCUT2D eigenvalue weighted by Gasteiger charge is 2.11. The molecule has 0 aliphatic rings. The summed E-state index contributed by atoms with van der Waals surface area (Å²) in [5, 5.41) is 15.5. The molecule has 2 N–H and O–H groups in total. The standard InChI is InChI=1S/C12H12N2O3/c1-7-5-9(15)3-4-10(7)12(16)13-11-6-8(2)14-17-11/h3-6,15H,1-2H3,(H,13,16). The fourth-order valence-corrected chi connectivity index (χ4v) is 1.50. The van der Waals surface area contributed by atoms with Crippen LogP contribution in [0, 0.1) is 13.8 Å². The molecule has 0 unspecified atom stereocenters. The number of aromatic nitrogens is 1. The van der Waals surface area contributed by atoms with Crippen molar-refractivity contribution < 1.29 is 14.4 Å². The summed E-state index contributed by atoms with van der Waals surface area (Å²) in [6, 6.07) is 6.19. The maximum absolute atomic E-state index is 11.9. The quantitative estimate of drug-likeness (QED) is 0.832. The van der Waals surface area contributed by atoms with Gasteiger partial charge in [-0.05, 0) is 37.6 Å². The fraction of sp³-hybridized carbons (Fsp3) is 0.167. The predicted molar refractivity (Wildman–Crippen MR) is 62.0 cm³/mol. The van der Waals surface area contributed by atoms with Gasteiger partial charge in [-0.15, -0.1) is 0 Å². The third-order valence-electron chi connectivity index (χ3n) is 2.32. The number of carbonyl (C=O) groups is 1. The molecule has 1 amide bonds. The second kappa shape index (κ2) is 4.29. The van der Waals surface area contributed by atoms with Gasteiger partial charge in [0.05, 0.1) is 5.69 Å². The van der Waals surface area contributed by atoms with E-state index in [0.717, 1.165) is 0 Å². The Balaban J connectivity index is 2.20. The number of carbonyl (C=O) groups excluding carboxylic acids is 1. The summed E-state index contributed by atoms with van der Waals surface area (Å²) in [5.41, 5.74) is 1.87. The lowest BCUT2D eigenvalue weighted by Gasteiger charge is -2.05. The number of hydrogen-bond donors (Lipinski definition) is 2. The molecule has 17 heavy (non-hydrogen) atoms. The minimum Gasteiger partial charge on any atom is -0.508 e. The number of phenols is 1. The topological polar surface area (TPSA) is 75.4 Å². The second-order valence-corrected chi connectivity index (χ2v) is 3.79. The molecule has 0 atom stereocenters. The van der Waals surface area contributed by atoms with Crippen molar-refractivity contribution >= 4 is 11.8 Å². The minimum absolute atomic E-state index is 0.134. The van der Waals surface area contributed by atoms with Gasteiger partial charge in [-0.3, -0.25) is 10.1 Å². The molecule has 0 radical (unpaired) electrons. The Hall–Kier alpha value is -2.30. The van der Waals surface area contributed by atoms with E-state index in [1.54, 1.807) is 26.0 Å². The maximum atomic E-state index is 11.9. The van der Waals surface area contributed by atoms with E-state index < -0.39 is 0 Å². The number of amides is 1. The average molecular weight is 232 g/mol. The van der Waals surface area contributed by atoms with E-state index in [9.17, 15) is 9.90 Å². The van der Waals surface area contributed by atoms with Gasteiger partial charge in [-0.25, -0.2) is 0 Å². The van der Waals surface area contributed by atoms with Crippen LogP contribution in [0.15, 0.2) is 28.8 Å². The summed E-state index contributed by atoms with van der Waals surface area (Å²) in [4.78, 5) is 11.9.